The van der Waals surface area contributed by atoms with Crippen LogP contribution in [0.15, 0.2) is 42.5 Å². The van der Waals surface area contributed by atoms with Crippen molar-refractivity contribution in [2.24, 2.45) is 0 Å². The van der Waals surface area contributed by atoms with Crippen LogP contribution in [0.3, 0.4) is 0 Å². The van der Waals surface area contributed by atoms with Crippen LogP contribution in [-0.2, 0) is 17.4 Å². The van der Waals surface area contributed by atoms with Gasteiger partial charge in [-0.25, -0.2) is 0 Å². The van der Waals surface area contributed by atoms with Crippen molar-refractivity contribution >= 4 is 28.3 Å². The van der Waals surface area contributed by atoms with Gasteiger partial charge in [-0.15, -0.1) is 0 Å². The summed E-state index contributed by atoms with van der Waals surface area (Å²) in [5, 5.41) is 3.54. The van der Waals surface area contributed by atoms with Gasteiger partial charge in [-0.3, -0.25) is 0 Å². The van der Waals surface area contributed by atoms with Crippen LogP contribution >= 0.6 is 22.6 Å². The van der Waals surface area contributed by atoms with Crippen molar-refractivity contribution in [3.05, 3.63) is 62.7 Å². The number of rotatable bonds is 3. The second-order valence-corrected chi connectivity index (χ2v) is 9.25. The van der Waals surface area contributed by atoms with Gasteiger partial charge < -0.3 is 5.32 Å². The molecule has 2 aromatic carbocycles. The smallest absolute Gasteiger partial charge is 0.0400 e. The Balaban J connectivity index is 1.84. The van der Waals surface area contributed by atoms with Gasteiger partial charge in [-0.2, -0.15) is 0 Å². The number of halogens is 1. The van der Waals surface area contributed by atoms with Gasteiger partial charge in [0.2, 0.25) is 0 Å². The first-order valence-electron chi connectivity index (χ1n) is 8.41. The third-order valence-corrected chi connectivity index (χ3v) is 5.98. The number of hydrogen-bond acceptors (Lipinski definition) is 1. The summed E-state index contributed by atoms with van der Waals surface area (Å²) in [5.41, 5.74) is 6.20. The molecule has 0 saturated heterocycles. The normalized spacial score (nSPS) is 18.3. The molecule has 0 atom stereocenters. The Morgan fingerprint density at radius 1 is 0.870 bits per heavy atom. The number of benzene rings is 2. The molecule has 0 aliphatic heterocycles. The van der Waals surface area contributed by atoms with Gasteiger partial charge in [0.25, 0.3) is 0 Å². The second-order valence-electron chi connectivity index (χ2n) is 8.01. The van der Waals surface area contributed by atoms with E-state index in [4.69, 9.17) is 0 Å². The van der Waals surface area contributed by atoms with E-state index >= 15 is 0 Å². The molecular weight excluding hydrogens is 393 g/mol. The molecule has 0 unspecified atom stereocenters. The first-order chi connectivity index (χ1) is 10.8. The van der Waals surface area contributed by atoms with E-state index in [0.29, 0.717) is 5.41 Å². The first-order valence-corrected chi connectivity index (χ1v) is 9.49. The molecular formula is C21H26IN. The lowest BCUT2D eigenvalue weighted by Gasteiger charge is -2.42. The maximum absolute atomic E-state index is 3.54. The van der Waals surface area contributed by atoms with E-state index in [9.17, 15) is 0 Å². The Kier molecular flexibility index (Phi) is 4.47. The largest absolute Gasteiger partial charge is 0.381 e. The average Bonchev–Trinajstić information content (AvgIpc) is 2.51. The fourth-order valence-electron chi connectivity index (χ4n) is 3.52. The number of hydrogen-bond donors (Lipinski definition) is 1. The summed E-state index contributed by atoms with van der Waals surface area (Å²) >= 11 is 2.34. The molecule has 0 heterocycles. The Morgan fingerprint density at radius 3 is 2.13 bits per heavy atom. The van der Waals surface area contributed by atoms with Gasteiger partial charge in [0.05, 0.1) is 0 Å². The minimum atomic E-state index is 0.281. The van der Waals surface area contributed by atoms with Crippen LogP contribution in [0.25, 0.3) is 0 Å². The Morgan fingerprint density at radius 2 is 1.48 bits per heavy atom. The van der Waals surface area contributed by atoms with Gasteiger partial charge in [0.15, 0.2) is 0 Å². The molecule has 1 N–H and O–H groups in total. The van der Waals surface area contributed by atoms with E-state index in [1.165, 1.54) is 38.8 Å². The van der Waals surface area contributed by atoms with Crippen molar-refractivity contribution in [2.75, 3.05) is 5.32 Å². The van der Waals surface area contributed by atoms with Gasteiger partial charge in [-0.05, 0) is 87.2 Å². The van der Waals surface area contributed by atoms with Crippen molar-refractivity contribution in [2.45, 2.75) is 57.9 Å². The molecule has 0 saturated carbocycles. The number of nitrogens with one attached hydrogen (secondary N) is 1. The van der Waals surface area contributed by atoms with Gasteiger partial charge in [0.1, 0.15) is 0 Å². The average molecular weight is 419 g/mol. The number of fused-ring (bicyclic) bond motifs is 1. The van der Waals surface area contributed by atoms with Crippen molar-refractivity contribution in [3.8, 4) is 0 Å². The van der Waals surface area contributed by atoms with Crippen molar-refractivity contribution in [1.29, 1.82) is 0 Å². The van der Waals surface area contributed by atoms with Crippen molar-refractivity contribution in [1.82, 2.24) is 0 Å². The number of anilines is 1. The van der Waals surface area contributed by atoms with Crippen LogP contribution in [0.4, 0.5) is 5.69 Å². The third kappa shape index (κ3) is 3.57. The molecule has 1 nitrogen and oxygen atoms in total. The summed E-state index contributed by atoms with van der Waals surface area (Å²) in [5.74, 6) is 0. The lowest BCUT2D eigenvalue weighted by molar-refractivity contribution is 0.331. The fourth-order valence-corrected chi connectivity index (χ4v) is 3.88. The molecule has 2 aromatic rings. The second kappa shape index (κ2) is 6.12. The van der Waals surface area contributed by atoms with E-state index < -0.39 is 0 Å². The highest BCUT2D eigenvalue weighted by molar-refractivity contribution is 14.1. The monoisotopic (exact) mass is 419 g/mol. The van der Waals surface area contributed by atoms with Crippen LogP contribution in [0.1, 0.15) is 57.2 Å². The predicted octanol–water partition coefficient (Wildman–Crippen LogP) is 6.25. The summed E-state index contributed by atoms with van der Waals surface area (Å²) in [6.45, 7) is 10.4. The lowest BCUT2D eigenvalue weighted by atomic mass is 9.63. The molecule has 122 valence electrons. The zero-order valence-corrected chi connectivity index (χ0v) is 16.7. The third-order valence-electron chi connectivity index (χ3n) is 5.26. The first kappa shape index (κ1) is 16.8. The Labute approximate surface area is 154 Å². The van der Waals surface area contributed by atoms with Gasteiger partial charge >= 0.3 is 0 Å². The fraction of sp³-hybridized carbons (Fsp3) is 0.429. The summed E-state index contributed by atoms with van der Waals surface area (Å²) < 4.78 is 1.27. The highest BCUT2D eigenvalue weighted by Crippen LogP contribution is 2.45. The maximum atomic E-state index is 3.54. The molecule has 23 heavy (non-hydrogen) atoms. The summed E-state index contributed by atoms with van der Waals surface area (Å²) in [7, 11) is 0. The van der Waals surface area contributed by atoms with E-state index in [-0.39, 0.29) is 5.41 Å². The van der Waals surface area contributed by atoms with E-state index in [1.807, 2.05) is 0 Å². The van der Waals surface area contributed by atoms with Crippen LogP contribution in [0.2, 0.25) is 0 Å². The molecule has 0 radical (unpaired) electrons. The van der Waals surface area contributed by atoms with Crippen molar-refractivity contribution < 1.29 is 0 Å². The molecule has 1 aliphatic rings. The summed E-state index contributed by atoms with van der Waals surface area (Å²) in [6, 6.07) is 15.7. The summed E-state index contributed by atoms with van der Waals surface area (Å²) in [4.78, 5) is 0. The van der Waals surface area contributed by atoms with E-state index in [2.05, 4.69) is 98.1 Å². The van der Waals surface area contributed by atoms with E-state index in [0.717, 1.165) is 6.54 Å². The highest BCUT2D eigenvalue weighted by Gasteiger charge is 2.36. The highest BCUT2D eigenvalue weighted by atomic mass is 127. The molecule has 1 aliphatic carbocycles. The minimum absolute atomic E-state index is 0.281. The molecule has 0 aromatic heterocycles. The van der Waals surface area contributed by atoms with Crippen molar-refractivity contribution in [3.63, 3.8) is 0 Å². The van der Waals surface area contributed by atoms with Crippen LogP contribution < -0.4 is 5.32 Å². The van der Waals surface area contributed by atoms with Crippen LogP contribution in [0, 0.1) is 3.57 Å². The zero-order valence-electron chi connectivity index (χ0n) is 14.5. The lowest BCUT2D eigenvalue weighted by Crippen LogP contribution is -2.33. The maximum Gasteiger partial charge on any atom is 0.0400 e. The molecule has 0 fully saturated rings. The SMILES string of the molecule is CC1(C)CCC(C)(C)c2cc(CNc3ccc(I)cc3)ccc21. The Hall–Kier alpha value is -1.03. The molecule has 0 amide bonds. The van der Waals surface area contributed by atoms with E-state index in [1.54, 1.807) is 0 Å². The molecule has 0 spiro atoms. The van der Waals surface area contributed by atoms with Gasteiger partial charge in [0, 0.05) is 15.8 Å². The quantitative estimate of drug-likeness (QED) is 0.580. The summed E-state index contributed by atoms with van der Waals surface area (Å²) in [6.07, 6.45) is 2.54. The minimum Gasteiger partial charge on any atom is -0.381 e. The molecule has 2 heteroatoms. The standard InChI is InChI=1S/C21H26IN/c1-20(2)11-12-21(3,4)19-13-15(5-10-18(19)20)14-23-17-8-6-16(22)7-9-17/h5-10,13,23H,11-12,14H2,1-4H3. The molecule has 0 bridgehead atoms. The Bertz CT molecular complexity index is 698. The van der Waals surface area contributed by atoms with Crippen LogP contribution in [0.5, 0.6) is 0 Å². The van der Waals surface area contributed by atoms with Gasteiger partial charge in [-0.1, -0.05) is 45.9 Å². The predicted molar refractivity (Wildman–Crippen MR) is 108 cm³/mol. The topological polar surface area (TPSA) is 12.0 Å². The van der Waals surface area contributed by atoms with Crippen LogP contribution in [-0.4, -0.2) is 0 Å². The zero-order chi connectivity index (χ0) is 16.7. The molecule has 3 rings (SSSR count).